The van der Waals surface area contributed by atoms with E-state index in [0.717, 1.165) is 44.9 Å². The summed E-state index contributed by atoms with van der Waals surface area (Å²) in [5.41, 5.74) is 6.13. The maximum Gasteiger partial charge on any atom is 0.226 e. The van der Waals surface area contributed by atoms with Gasteiger partial charge in [0, 0.05) is 58.0 Å². The minimum atomic E-state index is -0.534. The third-order valence-electron chi connectivity index (χ3n) is 6.28. The zero-order valence-electron chi connectivity index (χ0n) is 20.5. The van der Waals surface area contributed by atoms with Crippen LogP contribution in [0, 0.1) is 11.7 Å². The zero-order chi connectivity index (χ0) is 26.4. The number of aromatic nitrogens is 6. The van der Waals surface area contributed by atoms with Crippen LogP contribution >= 0.6 is 0 Å². The quantitative estimate of drug-likeness (QED) is 0.238. The molecule has 5 heterocycles. The van der Waals surface area contributed by atoms with Crippen LogP contribution in [0.3, 0.4) is 0 Å². The average Bonchev–Trinajstić information content (AvgIpc) is 3.51. The second-order valence-electron chi connectivity index (χ2n) is 9.33. The summed E-state index contributed by atoms with van der Waals surface area (Å²) in [7, 11) is 0. The highest BCUT2D eigenvalue weighted by molar-refractivity contribution is 6.01. The third-order valence-corrected chi connectivity index (χ3v) is 6.28. The highest BCUT2D eigenvalue weighted by Gasteiger charge is 2.16. The molecule has 0 aliphatic rings. The van der Waals surface area contributed by atoms with Gasteiger partial charge in [-0.05, 0) is 35.9 Å². The molecule has 0 saturated heterocycles. The van der Waals surface area contributed by atoms with Gasteiger partial charge in [-0.25, -0.2) is 9.37 Å². The second-order valence-corrected chi connectivity index (χ2v) is 9.33. The molecule has 0 aliphatic heterocycles. The van der Waals surface area contributed by atoms with Gasteiger partial charge in [0.05, 0.1) is 35.0 Å². The van der Waals surface area contributed by atoms with Gasteiger partial charge in [0.1, 0.15) is 11.6 Å². The first-order valence-electron chi connectivity index (χ1n) is 11.9. The Balaban J connectivity index is 1.42. The number of hydrogen-bond acceptors (Lipinski definition) is 6. The van der Waals surface area contributed by atoms with Crippen LogP contribution in [-0.2, 0) is 4.79 Å². The van der Waals surface area contributed by atoms with Crippen molar-refractivity contribution in [3.8, 4) is 39.4 Å². The van der Waals surface area contributed by atoms with Crippen molar-refractivity contribution in [2.75, 3.05) is 5.32 Å². The van der Waals surface area contributed by atoms with Crippen molar-refractivity contribution in [2.24, 2.45) is 5.92 Å². The number of nitrogens with one attached hydrogen (secondary N) is 3. The lowest BCUT2D eigenvalue weighted by molar-refractivity contribution is -0.118. The number of nitrogens with zero attached hydrogens (tertiary/aromatic N) is 4. The van der Waals surface area contributed by atoms with E-state index in [1.165, 1.54) is 12.1 Å². The van der Waals surface area contributed by atoms with Crippen LogP contribution in [0.25, 0.3) is 55.6 Å². The fourth-order valence-electron chi connectivity index (χ4n) is 4.36. The van der Waals surface area contributed by atoms with Crippen molar-refractivity contribution in [2.45, 2.75) is 13.8 Å². The number of pyridine rings is 3. The number of fused-ring (bicyclic) bond motifs is 2. The van der Waals surface area contributed by atoms with Gasteiger partial charge >= 0.3 is 0 Å². The fourth-order valence-corrected chi connectivity index (χ4v) is 4.36. The van der Waals surface area contributed by atoms with Gasteiger partial charge in [-0.2, -0.15) is 5.10 Å². The number of phenols is 1. The first-order valence-corrected chi connectivity index (χ1v) is 11.9. The topological polar surface area (TPSA) is 132 Å². The molecule has 0 atom stereocenters. The van der Waals surface area contributed by atoms with Crippen LogP contribution in [0.2, 0.25) is 0 Å². The van der Waals surface area contributed by atoms with E-state index in [1.54, 1.807) is 31.0 Å². The summed E-state index contributed by atoms with van der Waals surface area (Å²) in [6.07, 6.45) is 8.35. The number of phenolic OH excluding ortho intramolecular Hbond substituents is 1. The molecule has 1 amide bonds. The summed E-state index contributed by atoms with van der Waals surface area (Å²) in [6.45, 7) is 3.66. The summed E-state index contributed by atoms with van der Waals surface area (Å²) < 4.78 is 14.0. The van der Waals surface area contributed by atoms with Gasteiger partial charge < -0.3 is 15.4 Å². The number of carbonyl (C=O) groups is 1. The molecule has 4 N–H and O–H groups in total. The van der Waals surface area contributed by atoms with E-state index in [0.29, 0.717) is 22.5 Å². The van der Waals surface area contributed by atoms with Crippen LogP contribution in [0.4, 0.5) is 10.1 Å². The number of amides is 1. The molecule has 5 aromatic heterocycles. The van der Waals surface area contributed by atoms with E-state index in [1.807, 2.05) is 32.0 Å². The largest absolute Gasteiger partial charge is 0.508 e. The minimum Gasteiger partial charge on any atom is -0.508 e. The smallest absolute Gasteiger partial charge is 0.226 e. The first-order chi connectivity index (χ1) is 18.4. The number of hydrogen-bond donors (Lipinski definition) is 4. The predicted molar refractivity (Wildman–Crippen MR) is 143 cm³/mol. The lowest BCUT2D eigenvalue weighted by Gasteiger charge is -2.09. The Hall–Kier alpha value is -5.12. The Labute approximate surface area is 215 Å². The van der Waals surface area contributed by atoms with E-state index in [4.69, 9.17) is 0 Å². The first kappa shape index (κ1) is 23.3. The molecule has 0 spiro atoms. The van der Waals surface area contributed by atoms with E-state index in [9.17, 15) is 14.3 Å². The van der Waals surface area contributed by atoms with Crippen molar-refractivity contribution in [3.63, 3.8) is 0 Å². The van der Waals surface area contributed by atoms with Crippen molar-refractivity contribution in [1.82, 2.24) is 30.1 Å². The van der Waals surface area contributed by atoms with E-state index in [-0.39, 0.29) is 17.6 Å². The molecule has 0 radical (unpaired) electrons. The zero-order valence-corrected chi connectivity index (χ0v) is 20.5. The molecular weight excluding hydrogens is 485 g/mol. The van der Waals surface area contributed by atoms with Crippen LogP contribution in [0.15, 0.2) is 67.4 Å². The Morgan fingerprint density at radius 1 is 0.921 bits per heavy atom. The summed E-state index contributed by atoms with van der Waals surface area (Å²) in [5.74, 6) is -0.930. The number of rotatable bonds is 5. The molecule has 0 unspecified atom stereocenters. The molecule has 0 fully saturated rings. The third kappa shape index (κ3) is 4.21. The lowest BCUT2D eigenvalue weighted by atomic mass is 10.0. The number of carbonyl (C=O) groups excluding carboxylic acids is 1. The molecule has 9 nitrogen and oxygen atoms in total. The molecule has 1 aromatic carbocycles. The molecule has 0 bridgehead atoms. The number of aromatic hydroxyl groups is 1. The van der Waals surface area contributed by atoms with Gasteiger partial charge in [0.15, 0.2) is 5.65 Å². The summed E-state index contributed by atoms with van der Waals surface area (Å²) in [5, 5.41) is 21.8. The normalized spacial score (nSPS) is 11.5. The summed E-state index contributed by atoms with van der Waals surface area (Å²) in [4.78, 5) is 28.5. The maximum atomic E-state index is 14.0. The van der Waals surface area contributed by atoms with Crippen molar-refractivity contribution < 1.29 is 14.3 Å². The Kier molecular flexibility index (Phi) is 5.56. The average molecular weight is 508 g/mol. The second kappa shape index (κ2) is 9.07. The van der Waals surface area contributed by atoms with E-state index >= 15 is 0 Å². The Bertz CT molecular complexity index is 1820. The number of aromatic amines is 2. The number of halogens is 1. The Morgan fingerprint density at radius 3 is 2.55 bits per heavy atom. The van der Waals surface area contributed by atoms with Crippen molar-refractivity contribution in [1.29, 1.82) is 0 Å². The maximum absolute atomic E-state index is 14.0. The van der Waals surface area contributed by atoms with Crippen molar-refractivity contribution >= 4 is 33.5 Å². The van der Waals surface area contributed by atoms with Gasteiger partial charge in [-0.3, -0.25) is 19.9 Å². The summed E-state index contributed by atoms with van der Waals surface area (Å²) >= 11 is 0. The van der Waals surface area contributed by atoms with Crippen LogP contribution < -0.4 is 5.32 Å². The van der Waals surface area contributed by atoms with Gasteiger partial charge in [0.25, 0.3) is 0 Å². The predicted octanol–water partition coefficient (Wildman–Crippen LogP) is 5.67. The molecule has 10 heteroatoms. The van der Waals surface area contributed by atoms with Gasteiger partial charge in [0.2, 0.25) is 5.91 Å². The minimum absolute atomic E-state index is 0.0872. The number of anilines is 1. The van der Waals surface area contributed by atoms with E-state index < -0.39 is 5.82 Å². The fraction of sp³-hybridized carbons (Fsp3) is 0.107. The van der Waals surface area contributed by atoms with Crippen LogP contribution in [0.1, 0.15) is 13.8 Å². The Morgan fingerprint density at radius 2 is 1.74 bits per heavy atom. The molecular formula is C28H22FN7O2. The number of H-pyrrole nitrogens is 2. The lowest BCUT2D eigenvalue weighted by Crippen LogP contribution is -2.17. The van der Waals surface area contributed by atoms with E-state index in [2.05, 4.69) is 35.5 Å². The molecule has 38 heavy (non-hydrogen) atoms. The monoisotopic (exact) mass is 507 g/mol. The molecule has 188 valence electrons. The molecule has 0 aliphatic carbocycles. The van der Waals surface area contributed by atoms with Crippen LogP contribution in [0.5, 0.6) is 5.75 Å². The number of benzene rings is 1. The van der Waals surface area contributed by atoms with Crippen LogP contribution in [-0.4, -0.2) is 41.1 Å². The molecule has 6 aromatic rings. The highest BCUT2D eigenvalue weighted by atomic mass is 19.1. The molecule has 0 saturated carbocycles. The highest BCUT2D eigenvalue weighted by Crippen LogP contribution is 2.35. The molecule has 6 rings (SSSR count). The summed E-state index contributed by atoms with van der Waals surface area (Å²) in [6, 6.07) is 9.66. The van der Waals surface area contributed by atoms with Gasteiger partial charge in [-0.1, -0.05) is 13.8 Å². The van der Waals surface area contributed by atoms with Crippen molar-refractivity contribution in [3.05, 3.63) is 73.2 Å². The van der Waals surface area contributed by atoms with Gasteiger partial charge in [-0.15, -0.1) is 0 Å². The SMILES string of the molecule is CC(C)C(=O)Nc1cncc(-c2cnc3n[nH]c(-c4cc5c(-c6cc(O)cc(F)c6)cncc5[nH]4)c3c2)c1. The standard InChI is InChI=1S/C28H22FN7O2/c1-14(2)28(38)33-19-4-16(9-30-11-19)17-6-22-26(35-36-27(22)32-10-17)24-8-21-23(12-31-13-25(21)34-24)15-3-18(29)7-20(37)5-15/h3-14,34,37H,1-2H3,(H,33,38)(H,32,35,36).